The topological polar surface area (TPSA) is 319 Å². The summed E-state index contributed by atoms with van der Waals surface area (Å²) >= 11 is 6.45. The van der Waals surface area contributed by atoms with E-state index in [-0.39, 0.29) is 42.1 Å². The Hall–Kier alpha value is -9.84. The number of aromatic nitrogens is 9. The molecule has 3 aromatic carbocycles. The van der Waals surface area contributed by atoms with Crippen LogP contribution in [-0.2, 0) is 32.5 Å². The van der Waals surface area contributed by atoms with Gasteiger partial charge >= 0.3 is 19.3 Å². The minimum atomic E-state index is -2.18. The van der Waals surface area contributed by atoms with E-state index in [9.17, 15) is 14.7 Å². The minimum Gasteiger partial charge on any atom is -0.491 e. The monoisotopic (exact) mass is 1850 g/mol. The molecule has 2 amide bonds. The second kappa shape index (κ2) is 48.7. The number of nitrogens with zero attached hydrogens (tertiary/aromatic N) is 14. The van der Waals surface area contributed by atoms with Crippen LogP contribution in [0.2, 0.25) is 41.4 Å². The number of ether oxygens (including phenoxy) is 8. The number of aliphatic hydroxyl groups excluding tert-OH is 1. The molecule has 710 valence electrons. The highest BCUT2D eigenvalue weighted by Crippen LogP contribution is 2.41. The Bertz CT molecular complexity index is 5000. The lowest BCUT2D eigenvalue weighted by atomic mass is 9.81. The molecule has 3 unspecified atom stereocenters. The van der Waals surface area contributed by atoms with Crippen LogP contribution in [0.5, 0.6) is 17.2 Å². The second-order valence-corrected chi connectivity index (χ2v) is 48.3. The normalized spacial score (nSPS) is 14.9. The van der Waals surface area contributed by atoms with Gasteiger partial charge in [0.15, 0.2) is 34.1 Å². The molecule has 3 fully saturated rings. The SMILES string of the molecule is CCCC(O)COc1cccc(-c2nc(-c3ccncc3)cc(N(C)C3CCOCC3)n2)c1.CN(CC(COc1cccc(-c2nc(-c3ccncc3)cc(N(C)C3CCOCC3)n2)c1)O[Si](C)(C)C(C)(C)C)C(=O)OC(C)(C)C.CN(CC(COc1cccc(-c2nc(Cl)cc(N(C)C3CCOCC3)n2)c1)O[Si](C)(C)C(C)(C)C)C(=O)OC(C)(C)C.OB(O)c1ccncc1. The lowest BCUT2D eigenvalue weighted by Gasteiger charge is -2.40. The Labute approximate surface area is 783 Å². The highest BCUT2D eigenvalue weighted by molar-refractivity contribution is 6.74. The number of anilines is 3. The lowest BCUT2D eigenvalue weighted by Crippen LogP contribution is -2.49. The minimum absolute atomic E-state index is 0.00487. The van der Waals surface area contributed by atoms with Crippen molar-refractivity contribution < 1.29 is 71.5 Å². The third-order valence-electron chi connectivity index (χ3n) is 23.5. The number of benzene rings is 3. The van der Waals surface area contributed by atoms with Crippen molar-refractivity contribution in [1.82, 2.24) is 54.7 Å². The summed E-state index contributed by atoms with van der Waals surface area (Å²) in [6, 6.07) is 41.1. The van der Waals surface area contributed by atoms with E-state index < -0.39 is 53.2 Å². The first-order valence-corrected chi connectivity index (χ1v) is 51.5. The summed E-state index contributed by atoms with van der Waals surface area (Å²) in [7, 11) is 3.95. The standard InChI is InChI=1S/C36H53N5O5Si.C31H49ClN4O5Si.C26H32N4O3.C5H6BNO2/c1-35(2,3)45-34(42)40(7)24-30(46-47(9,10)36(4,5)6)25-44-29-13-11-12-27(22-29)33-38-31(26-14-18-37-19-15-26)23-32(39-33)41(8)28-16-20-43-21-17-28;1-30(2,3)40-29(37)35(7)20-25(41-42(9,10)31(4,5)6)21-39-24-13-11-12-22(18-24)28-33-26(32)19-27(34-28)36(8)23-14-16-38-17-15-23;1-3-5-22(31)18-33-23-7-4-6-20(16-23)26-28-24(19-8-12-27-13-9-19)17-25(29-26)30(2)21-10-14-32-15-11-21;8-6(9)5-1-3-7-4-2-5/h11-15,18-19,22-23,28,30H,16-17,20-21,24-25H2,1-10H3;11-13,18-19,23,25H,14-17,20-21H2,1-10H3;4,6-9,12-13,16-17,21-22,31H,3,5,10-11,14-15,18H2,1-2H3;1-4,8-9H. The van der Waals surface area contributed by atoms with Crippen molar-refractivity contribution in [3.05, 3.63) is 170 Å². The number of likely N-dealkylation sites (N-methyl/N-ethyl adjacent to an activating group) is 2. The van der Waals surface area contributed by atoms with E-state index in [4.69, 9.17) is 93.3 Å². The molecule has 3 N–H and O–H groups in total. The zero-order valence-corrected chi connectivity index (χ0v) is 83.7. The maximum absolute atomic E-state index is 12.8. The summed E-state index contributed by atoms with van der Waals surface area (Å²) in [5.41, 5.74) is 5.43. The van der Waals surface area contributed by atoms with Crippen LogP contribution in [0.25, 0.3) is 56.7 Å². The molecule has 0 bridgehead atoms. The molecule has 0 spiro atoms. The summed E-state index contributed by atoms with van der Waals surface area (Å²) in [6.45, 7) is 41.2. The number of aliphatic hydroxyl groups is 1. The molecular formula is C98H140BClN14O15Si2. The van der Waals surface area contributed by atoms with Crippen molar-refractivity contribution in [2.45, 2.75) is 225 Å². The molecule has 9 heterocycles. The molecule has 131 heavy (non-hydrogen) atoms. The van der Waals surface area contributed by atoms with Crippen molar-refractivity contribution in [1.29, 1.82) is 0 Å². The summed E-state index contributed by atoms with van der Waals surface area (Å²) < 4.78 is 59.8. The smallest absolute Gasteiger partial charge is 0.488 e. The van der Waals surface area contributed by atoms with Crippen molar-refractivity contribution >= 4 is 70.5 Å². The van der Waals surface area contributed by atoms with Crippen LogP contribution in [0, 0.1) is 0 Å². The van der Waals surface area contributed by atoms with Gasteiger partial charge in [-0.1, -0.05) is 103 Å². The fraction of sp³-hybridized carbons (Fsp3) is 0.520. The third-order valence-corrected chi connectivity index (χ3v) is 32.7. The van der Waals surface area contributed by atoms with Gasteiger partial charge in [0.05, 0.1) is 42.8 Å². The van der Waals surface area contributed by atoms with E-state index in [1.54, 1.807) is 66.9 Å². The molecule has 3 saturated heterocycles. The average molecular weight is 1860 g/mol. The number of carbonyl (C=O) groups excluding carboxylic acids is 2. The second-order valence-electron chi connectivity index (χ2n) is 38.4. The molecule has 12 rings (SSSR count). The molecule has 6 aromatic heterocycles. The quantitative estimate of drug-likeness (QED) is 0.0268. The largest absolute Gasteiger partial charge is 0.491 e. The van der Waals surface area contributed by atoms with E-state index in [2.05, 4.69) is 116 Å². The van der Waals surface area contributed by atoms with Gasteiger partial charge in [-0.15, -0.1) is 0 Å². The van der Waals surface area contributed by atoms with Crippen LogP contribution in [0.15, 0.2) is 165 Å². The zero-order valence-electron chi connectivity index (χ0n) is 80.9. The van der Waals surface area contributed by atoms with Crippen LogP contribution < -0.4 is 34.4 Å². The van der Waals surface area contributed by atoms with Crippen LogP contribution in [-0.4, -0.2) is 261 Å². The van der Waals surface area contributed by atoms with Crippen LogP contribution in [0.4, 0.5) is 27.0 Å². The number of carbonyl (C=O) groups is 2. The van der Waals surface area contributed by atoms with Crippen LogP contribution >= 0.6 is 11.6 Å². The fourth-order valence-electron chi connectivity index (χ4n) is 13.9. The predicted octanol–water partition coefficient (Wildman–Crippen LogP) is 17.6. The summed E-state index contributed by atoms with van der Waals surface area (Å²) in [4.78, 5) is 76.5. The Morgan fingerprint density at radius 3 is 1.08 bits per heavy atom. The molecule has 3 aliphatic rings. The Balaban J connectivity index is 0.000000213. The fourth-order valence-corrected chi connectivity index (χ4v) is 16.7. The lowest BCUT2D eigenvalue weighted by molar-refractivity contribution is 0.0166. The summed E-state index contributed by atoms with van der Waals surface area (Å²) in [6.07, 6.45) is 15.5. The van der Waals surface area contributed by atoms with Crippen molar-refractivity contribution in [2.75, 3.05) is 122 Å². The Kier molecular flexibility index (Phi) is 39.0. The molecular weight excluding hydrogens is 1720 g/mol. The zero-order chi connectivity index (χ0) is 95.4. The van der Waals surface area contributed by atoms with Crippen molar-refractivity contribution in [2.24, 2.45) is 0 Å². The van der Waals surface area contributed by atoms with Gasteiger partial charge in [-0.2, -0.15) is 0 Å². The molecule has 29 nitrogen and oxygen atoms in total. The number of rotatable bonds is 31. The molecule has 0 saturated carbocycles. The molecule has 3 aliphatic heterocycles. The van der Waals surface area contributed by atoms with Gasteiger partial charge in [-0.25, -0.2) is 39.5 Å². The maximum atomic E-state index is 12.8. The number of pyridine rings is 3. The van der Waals surface area contributed by atoms with E-state index in [1.807, 2.05) is 165 Å². The van der Waals surface area contributed by atoms with Gasteiger partial charge in [0.1, 0.15) is 70.9 Å². The molecule has 0 radical (unpaired) electrons. The van der Waals surface area contributed by atoms with Gasteiger partial charge < -0.3 is 86.4 Å². The van der Waals surface area contributed by atoms with E-state index in [1.165, 1.54) is 12.4 Å². The van der Waals surface area contributed by atoms with Crippen LogP contribution in [0.1, 0.15) is 141 Å². The predicted molar refractivity (Wildman–Crippen MR) is 524 cm³/mol. The first kappa shape index (κ1) is 105. The molecule has 0 aliphatic carbocycles. The highest BCUT2D eigenvalue weighted by Gasteiger charge is 2.42. The maximum Gasteiger partial charge on any atom is 0.488 e. The molecule has 33 heteroatoms. The Morgan fingerprint density at radius 2 is 0.771 bits per heavy atom. The summed E-state index contributed by atoms with van der Waals surface area (Å²) in [5.74, 6) is 6.30. The van der Waals surface area contributed by atoms with Gasteiger partial charge in [0.25, 0.3) is 0 Å². The van der Waals surface area contributed by atoms with Crippen LogP contribution in [0.3, 0.4) is 0 Å². The first-order chi connectivity index (χ1) is 61.9. The number of halogens is 1. The van der Waals surface area contributed by atoms with Crippen molar-refractivity contribution in [3.8, 4) is 73.9 Å². The first-order valence-electron chi connectivity index (χ1n) is 45.3. The van der Waals surface area contributed by atoms with E-state index >= 15 is 0 Å². The molecule has 9 aromatic rings. The van der Waals surface area contributed by atoms with Crippen molar-refractivity contribution in [3.63, 3.8) is 0 Å². The highest BCUT2D eigenvalue weighted by atomic mass is 35.5. The van der Waals surface area contributed by atoms with E-state index in [0.29, 0.717) is 76.6 Å². The number of amides is 2. The van der Waals surface area contributed by atoms with E-state index in [0.717, 1.165) is 148 Å². The Morgan fingerprint density at radius 1 is 0.450 bits per heavy atom. The van der Waals surface area contributed by atoms with Gasteiger partial charge in [-0.05, 0) is 201 Å². The number of hydrogen-bond acceptors (Lipinski definition) is 27. The van der Waals surface area contributed by atoms with Gasteiger partial charge in [0.2, 0.25) is 0 Å². The number of hydrogen-bond donors (Lipinski definition) is 3. The summed E-state index contributed by atoms with van der Waals surface area (Å²) in [5, 5.41) is 27.5. The third kappa shape index (κ3) is 33.4. The average Bonchev–Trinajstić information content (AvgIpc) is 0.804. The van der Waals surface area contributed by atoms with Gasteiger partial charge in [-0.3, -0.25) is 15.0 Å². The molecule has 3 atom stereocenters. The van der Waals surface area contributed by atoms with Gasteiger partial charge in [0, 0.05) is 176 Å².